The van der Waals surface area contributed by atoms with Crippen LogP contribution in [0, 0.1) is 5.82 Å². The van der Waals surface area contributed by atoms with E-state index in [1.165, 1.54) is 11.8 Å². The van der Waals surface area contributed by atoms with E-state index in [1.54, 1.807) is 23.6 Å². The highest BCUT2D eigenvalue weighted by molar-refractivity contribution is 9.10. The molecule has 0 spiro atoms. The molecule has 7 heteroatoms. The summed E-state index contributed by atoms with van der Waals surface area (Å²) < 4.78 is 16.0. The Morgan fingerprint density at radius 3 is 2.78 bits per heavy atom. The van der Waals surface area contributed by atoms with E-state index < -0.39 is 5.82 Å². The molecule has 136 valence electrons. The lowest BCUT2D eigenvalue weighted by molar-refractivity contribution is 0.623. The molecule has 0 unspecified atom stereocenters. The second kappa shape index (κ2) is 8.10. The van der Waals surface area contributed by atoms with Gasteiger partial charge in [0, 0.05) is 18.1 Å². The van der Waals surface area contributed by atoms with E-state index >= 15 is 0 Å². The van der Waals surface area contributed by atoms with E-state index in [-0.39, 0.29) is 0 Å². The molecule has 0 aliphatic carbocycles. The largest absolute Gasteiger partial charge is 0.369 e. The van der Waals surface area contributed by atoms with E-state index in [0.717, 1.165) is 39.9 Å². The zero-order valence-electron chi connectivity index (χ0n) is 14.3. The van der Waals surface area contributed by atoms with Crippen molar-refractivity contribution in [3.05, 3.63) is 70.0 Å². The van der Waals surface area contributed by atoms with Crippen LogP contribution >= 0.6 is 27.3 Å². The van der Waals surface area contributed by atoms with Gasteiger partial charge < -0.3 is 5.32 Å². The number of nitrogens with zero attached hydrogens (tertiary/aromatic N) is 3. The SMILES string of the molecule is Fc1cnccc1-c1nc(NCCCc2ccccc2)c2scc(Br)c2n1. The van der Waals surface area contributed by atoms with Crippen molar-refractivity contribution in [1.82, 2.24) is 15.0 Å². The molecule has 4 rings (SSSR count). The number of thiophene rings is 1. The summed E-state index contributed by atoms with van der Waals surface area (Å²) in [5.74, 6) is 0.653. The molecule has 0 aliphatic rings. The second-order valence-electron chi connectivity index (χ2n) is 6.03. The summed E-state index contributed by atoms with van der Waals surface area (Å²) in [4.78, 5) is 12.9. The van der Waals surface area contributed by atoms with Crippen molar-refractivity contribution in [2.24, 2.45) is 0 Å². The molecule has 0 aliphatic heterocycles. The molecule has 1 aromatic carbocycles. The van der Waals surface area contributed by atoms with Gasteiger partial charge in [-0.3, -0.25) is 4.98 Å². The lowest BCUT2D eigenvalue weighted by Gasteiger charge is -2.09. The number of anilines is 1. The van der Waals surface area contributed by atoms with E-state index in [1.807, 2.05) is 11.4 Å². The van der Waals surface area contributed by atoms with Gasteiger partial charge in [0.1, 0.15) is 11.3 Å². The van der Waals surface area contributed by atoms with Crippen molar-refractivity contribution in [2.45, 2.75) is 12.8 Å². The second-order valence-corrected chi connectivity index (χ2v) is 7.76. The molecule has 4 aromatic rings. The number of aromatic nitrogens is 3. The van der Waals surface area contributed by atoms with Crippen LogP contribution in [0.3, 0.4) is 0 Å². The Bertz CT molecular complexity index is 1070. The highest BCUT2D eigenvalue weighted by atomic mass is 79.9. The van der Waals surface area contributed by atoms with Gasteiger partial charge in [-0.1, -0.05) is 30.3 Å². The number of rotatable bonds is 6. The Hall–Kier alpha value is -2.38. The van der Waals surface area contributed by atoms with Gasteiger partial charge in [0.25, 0.3) is 0 Å². The van der Waals surface area contributed by atoms with Crippen LogP contribution in [0.15, 0.2) is 58.6 Å². The lowest BCUT2D eigenvalue weighted by Crippen LogP contribution is -2.06. The quantitative estimate of drug-likeness (QED) is 0.389. The van der Waals surface area contributed by atoms with Gasteiger partial charge in [-0.25, -0.2) is 14.4 Å². The fourth-order valence-electron chi connectivity index (χ4n) is 2.83. The standard InChI is InChI=1S/C20H16BrFN4S/c21-15-12-27-18-17(15)25-19(14-8-10-23-11-16(14)22)26-20(18)24-9-4-7-13-5-2-1-3-6-13/h1-3,5-6,8,10-12H,4,7,9H2,(H,24,25,26). The zero-order chi connectivity index (χ0) is 18.6. The van der Waals surface area contributed by atoms with Crippen molar-refractivity contribution in [1.29, 1.82) is 0 Å². The average molecular weight is 443 g/mol. The average Bonchev–Trinajstić information content (AvgIpc) is 3.07. The van der Waals surface area contributed by atoms with Gasteiger partial charge in [0.15, 0.2) is 11.6 Å². The molecular weight excluding hydrogens is 427 g/mol. The van der Waals surface area contributed by atoms with Crippen molar-refractivity contribution in [2.75, 3.05) is 11.9 Å². The van der Waals surface area contributed by atoms with E-state index in [2.05, 4.69) is 60.5 Å². The minimum atomic E-state index is -0.432. The molecule has 3 aromatic heterocycles. The maximum Gasteiger partial charge on any atom is 0.165 e. The van der Waals surface area contributed by atoms with Crippen LogP contribution in [0.25, 0.3) is 21.6 Å². The highest BCUT2D eigenvalue weighted by Gasteiger charge is 2.15. The Morgan fingerprint density at radius 2 is 1.96 bits per heavy atom. The minimum Gasteiger partial charge on any atom is -0.369 e. The van der Waals surface area contributed by atoms with Gasteiger partial charge in [-0.15, -0.1) is 11.3 Å². The number of benzene rings is 1. The summed E-state index contributed by atoms with van der Waals surface area (Å²) in [6.45, 7) is 0.773. The number of hydrogen-bond acceptors (Lipinski definition) is 5. The fourth-order valence-corrected chi connectivity index (χ4v) is 4.36. The van der Waals surface area contributed by atoms with Crippen LogP contribution in [0.4, 0.5) is 10.2 Å². The summed E-state index contributed by atoms with van der Waals surface area (Å²) in [6.07, 6.45) is 4.68. The smallest absolute Gasteiger partial charge is 0.165 e. The lowest BCUT2D eigenvalue weighted by atomic mass is 10.1. The fraction of sp³-hybridized carbons (Fsp3) is 0.150. The Kier molecular flexibility index (Phi) is 5.40. The number of pyridine rings is 1. The minimum absolute atomic E-state index is 0.345. The first-order valence-electron chi connectivity index (χ1n) is 8.55. The molecule has 0 saturated carbocycles. The highest BCUT2D eigenvalue weighted by Crippen LogP contribution is 2.35. The summed E-state index contributed by atoms with van der Waals surface area (Å²) in [5.41, 5.74) is 2.44. The van der Waals surface area contributed by atoms with Crippen LogP contribution in [0.1, 0.15) is 12.0 Å². The van der Waals surface area contributed by atoms with Gasteiger partial charge in [-0.2, -0.15) is 0 Å². The monoisotopic (exact) mass is 442 g/mol. The first-order valence-corrected chi connectivity index (χ1v) is 10.2. The zero-order valence-corrected chi connectivity index (χ0v) is 16.7. The van der Waals surface area contributed by atoms with Crippen LogP contribution in [-0.2, 0) is 6.42 Å². The third-order valence-electron chi connectivity index (χ3n) is 4.16. The Morgan fingerprint density at radius 1 is 1.11 bits per heavy atom. The van der Waals surface area contributed by atoms with E-state index in [0.29, 0.717) is 11.4 Å². The first-order chi connectivity index (χ1) is 13.2. The molecular formula is C20H16BrFN4S. The molecule has 0 radical (unpaired) electrons. The van der Waals surface area contributed by atoms with Gasteiger partial charge in [0.05, 0.1) is 20.9 Å². The molecule has 0 amide bonds. The predicted octanol–water partition coefficient (Wildman–Crippen LogP) is 5.70. The summed E-state index contributed by atoms with van der Waals surface area (Å²) >= 11 is 5.09. The van der Waals surface area contributed by atoms with Crippen molar-refractivity contribution in [3.63, 3.8) is 0 Å². The third-order valence-corrected chi connectivity index (χ3v) is 6.05. The molecule has 0 saturated heterocycles. The van der Waals surface area contributed by atoms with Crippen LogP contribution in [-0.4, -0.2) is 21.5 Å². The number of fused-ring (bicyclic) bond motifs is 1. The molecule has 27 heavy (non-hydrogen) atoms. The van der Waals surface area contributed by atoms with Gasteiger partial charge in [-0.05, 0) is 40.4 Å². The number of nitrogens with one attached hydrogen (secondary N) is 1. The van der Waals surface area contributed by atoms with Gasteiger partial charge in [0.2, 0.25) is 0 Å². The number of halogens is 2. The molecule has 3 heterocycles. The van der Waals surface area contributed by atoms with Crippen LogP contribution < -0.4 is 5.32 Å². The van der Waals surface area contributed by atoms with E-state index in [9.17, 15) is 4.39 Å². The third kappa shape index (κ3) is 3.99. The summed E-state index contributed by atoms with van der Waals surface area (Å²) in [5, 5.41) is 5.37. The normalized spacial score (nSPS) is 11.0. The maximum absolute atomic E-state index is 14.2. The topological polar surface area (TPSA) is 50.7 Å². The number of aryl methyl sites for hydroxylation is 1. The predicted molar refractivity (Wildman–Crippen MR) is 112 cm³/mol. The molecule has 0 atom stereocenters. The first kappa shape index (κ1) is 18.0. The van der Waals surface area contributed by atoms with Crippen molar-refractivity contribution in [3.8, 4) is 11.4 Å². The summed E-state index contributed by atoms with van der Waals surface area (Å²) in [7, 11) is 0. The Balaban J connectivity index is 1.59. The van der Waals surface area contributed by atoms with Crippen LogP contribution in [0.2, 0.25) is 0 Å². The number of hydrogen-bond donors (Lipinski definition) is 1. The summed E-state index contributed by atoms with van der Waals surface area (Å²) in [6, 6.07) is 12.0. The van der Waals surface area contributed by atoms with Gasteiger partial charge >= 0.3 is 0 Å². The van der Waals surface area contributed by atoms with Crippen molar-refractivity contribution < 1.29 is 4.39 Å². The molecule has 0 fully saturated rings. The maximum atomic E-state index is 14.2. The molecule has 1 N–H and O–H groups in total. The van der Waals surface area contributed by atoms with E-state index in [4.69, 9.17) is 0 Å². The molecule has 0 bridgehead atoms. The van der Waals surface area contributed by atoms with Crippen molar-refractivity contribution >= 4 is 43.3 Å². The van der Waals surface area contributed by atoms with Crippen LogP contribution in [0.5, 0.6) is 0 Å². The Labute approximate surface area is 168 Å². The molecule has 4 nitrogen and oxygen atoms in total.